The first-order chi connectivity index (χ1) is 10.2. The first-order valence-electron chi connectivity index (χ1n) is 7.46. The Kier molecular flexibility index (Phi) is 4.04. The van der Waals surface area contributed by atoms with Crippen LogP contribution in [0.5, 0.6) is 0 Å². The summed E-state index contributed by atoms with van der Waals surface area (Å²) in [4.78, 5) is 0. The zero-order chi connectivity index (χ0) is 14.7. The lowest BCUT2D eigenvalue weighted by atomic mass is 9.72. The molecule has 1 heterocycles. The van der Waals surface area contributed by atoms with Crippen LogP contribution < -0.4 is 5.32 Å². The van der Waals surface area contributed by atoms with Gasteiger partial charge in [-0.15, -0.1) is 0 Å². The fourth-order valence-corrected chi connectivity index (χ4v) is 3.31. The van der Waals surface area contributed by atoms with E-state index in [1.165, 1.54) is 6.07 Å². The van der Waals surface area contributed by atoms with Crippen LogP contribution in [-0.2, 0) is 5.60 Å². The minimum absolute atomic E-state index is 0.0121. The second-order valence-corrected chi connectivity index (χ2v) is 5.64. The molecule has 1 fully saturated rings. The second-order valence-electron chi connectivity index (χ2n) is 5.64. The summed E-state index contributed by atoms with van der Waals surface area (Å²) < 4.78 is 14.3. The van der Waals surface area contributed by atoms with Crippen molar-refractivity contribution >= 4 is 0 Å². The first kappa shape index (κ1) is 14.2. The highest BCUT2D eigenvalue weighted by Gasteiger charge is 2.42. The fourth-order valence-electron chi connectivity index (χ4n) is 3.31. The summed E-state index contributed by atoms with van der Waals surface area (Å²) in [5, 5.41) is 14.8. The van der Waals surface area contributed by atoms with Crippen LogP contribution in [0.1, 0.15) is 24.0 Å². The van der Waals surface area contributed by atoms with Gasteiger partial charge in [0.25, 0.3) is 0 Å². The van der Waals surface area contributed by atoms with Crippen molar-refractivity contribution in [1.82, 2.24) is 5.32 Å². The summed E-state index contributed by atoms with van der Waals surface area (Å²) >= 11 is 0. The van der Waals surface area contributed by atoms with E-state index in [0.29, 0.717) is 5.56 Å². The van der Waals surface area contributed by atoms with Crippen molar-refractivity contribution in [2.45, 2.75) is 18.4 Å². The maximum atomic E-state index is 14.3. The number of hydrogen-bond acceptors (Lipinski definition) is 2. The van der Waals surface area contributed by atoms with E-state index in [-0.39, 0.29) is 11.7 Å². The molecule has 1 aliphatic rings. The van der Waals surface area contributed by atoms with Crippen molar-refractivity contribution in [1.29, 1.82) is 0 Å². The van der Waals surface area contributed by atoms with Crippen LogP contribution in [0.25, 0.3) is 0 Å². The molecule has 21 heavy (non-hydrogen) atoms. The van der Waals surface area contributed by atoms with E-state index in [2.05, 4.69) is 5.32 Å². The average Bonchev–Trinajstić information content (AvgIpc) is 2.56. The summed E-state index contributed by atoms with van der Waals surface area (Å²) in [6.45, 7) is 1.71. The van der Waals surface area contributed by atoms with Crippen molar-refractivity contribution in [2.75, 3.05) is 13.1 Å². The normalized spacial score (nSPS) is 19.1. The van der Waals surface area contributed by atoms with Crippen LogP contribution in [0, 0.1) is 11.7 Å². The molecule has 0 spiro atoms. The molecule has 0 bridgehead atoms. The summed E-state index contributed by atoms with van der Waals surface area (Å²) in [6.07, 6.45) is 1.67. The van der Waals surface area contributed by atoms with Crippen molar-refractivity contribution in [3.05, 3.63) is 71.5 Å². The molecule has 1 unspecified atom stereocenters. The molecule has 0 amide bonds. The van der Waals surface area contributed by atoms with Gasteiger partial charge in [-0.25, -0.2) is 4.39 Å². The van der Waals surface area contributed by atoms with E-state index in [1.54, 1.807) is 18.2 Å². The van der Waals surface area contributed by atoms with Crippen molar-refractivity contribution in [3.8, 4) is 0 Å². The van der Waals surface area contributed by atoms with Gasteiger partial charge >= 0.3 is 0 Å². The number of benzene rings is 2. The number of aliphatic hydroxyl groups is 1. The Balaban J connectivity index is 2.12. The Morgan fingerprint density at radius 1 is 0.952 bits per heavy atom. The summed E-state index contributed by atoms with van der Waals surface area (Å²) in [7, 11) is 0. The Labute approximate surface area is 124 Å². The third kappa shape index (κ3) is 2.59. The number of piperidine rings is 1. The third-order valence-corrected chi connectivity index (χ3v) is 4.43. The third-order valence-electron chi connectivity index (χ3n) is 4.43. The quantitative estimate of drug-likeness (QED) is 0.908. The monoisotopic (exact) mass is 285 g/mol. The van der Waals surface area contributed by atoms with Crippen LogP contribution in [0.15, 0.2) is 54.6 Å². The van der Waals surface area contributed by atoms with Gasteiger partial charge in [0.2, 0.25) is 0 Å². The van der Waals surface area contributed by atoms with Gasteiger partial charge in [0.05, 0.1) is 0 Å². The van der Waals surface area contributed by atoms with E-state index >= 15 is 0 Å². The molecule has 2 nitrogen and oxygen atoms in total. The van der Waals surface area contributed by atoms with Gasteiger partial charge in [-0.2, -0.15) is 0 Å². The molecule has 2 N–H and O–H groups in total. The van der Waals surface area contributed by atoms with Gasteiger partial charge in [0.15, 0.2) is 0 Å². The van der Waals surface area contributed by atoms with E-state index in [4.69, 9.17) is 0 Å². The molecule has 0 radical (unpaired) electrons. The van der Waals surface area contributed by atoms with E-state index in [1.807, 2.05) is 30.3 Å². The Hall–Kier alpha value is -1.71. The molecule has 1 atom stereocenters. The van der Waals surface area contributed by atoms with Crippen molar-refractivity contribution < 1.29 is 9.50 Å². The van der Waals surface area contributed by atoms with Crippen molar-refractivity contribution in [2.24, 2.45) is 5.92 Å². The highest BCUT2D eigenvalue weighted by molar-refractivity contribution is 5.38. The number of nitrogens with one attached hydrogen (secondary N) is 1. The van der Waals surface area contributed by atoms with Crippen LogP contribution >= 0.6 is 0 Å². The highest BCUT2D eigenvalue weighted by atomic mass is 19.1. The van der Waals surface area contributed by atoms with Crippen LogP contribution in [-0.4, -0.2) is 18.2 Å². The second kappa shape index (κ2) is 5.96. The van der Waals surface area contributed by atoms with E-state index < -0.39 is 5.60 Å². The molecule has 1 aliphatic heterocycles. The molecular weight excluding hydrogens is 265 g/mol. The van der Waals surface area contributed by atoms with Gasteiger partial charge < -0.3 is 10.4 Å². The molecule has 3 rings (SSSR count). The van der Waals surface area contributed by atoms with Gasteiger partial charge in [-0.1, -0.05) is 48.5 Å². The minimum atomic E-state index is -1.27. The van der Waals surface area contributed by atoms with E-state index in [0.717, 1.165) is 31.5 Å². The van der Waals surface area contributed by atoms with Gasteiger partial charge in [-0.3, -0.25) is 0 Å². The predicted octanol–water partition coefficient (Wildman–Crippen LogP) is 3.06. The molecule has 0 saturated carbocycles. The smallest absolute Gasteiger partial charge is 0.129 e. The predicted molar refractivity (Wildman–Crippen MR) is 81.4 cm³/mol. The zero-order valence-corrected chi connectivity index (χ0v) is 11.9. The molecule has 3 heteroatoms. The Morgan fingerprint density at radius 2 is 1.57 bits per heavy atom. The summed E-state index contributed by atoms with van der Waals surface area (Å²) in [5.41, 5.74) is -0.126. The Morgan fingerprint density at radius 3 is 2.24 bits per heavy atom. The molecule has 110 valence electrons. The summed E-state index contributed by atoms with van der Waals surface area (Å²) in [6, 6.07) is 16.0. The number of rotatable bonds is 3. The maximum Gasteiger partial charge on any atom is 0.129 e. The van der Waals surface area contributed by atoms with E-state index in [9.17, 15) is 9.50 Å². The van der Waals surface area contributed by atoms with Crippen molar-refractivity contribution in [3.63, 3.8) is 0 Å². The number of halogens is 1. The molecule has 2 aromatic rings. The SMILES string of the molecule is OC(c1ccccc1)(c1ccccc1F)C1CCNCC1. The van der Waals surface area contributed by atoms with Crippen LogP contribution in [0.4, 0.5) is 4.39 Å². The minimum Gasteiger partial charge on any atom is -0.380 e. The summed E-state index contributed by atoms with van der Waals surface area (Å²) in [5.74, 6) is -0.333. The zero-order valence-electron chi connectivity index (χ0n) is 11.9. The average molecular weight is 285 g/mol. The van der Waals surface area contributed by atoms with Gasteiger partial charge in [0, 0.05) is 5.56 Å². The standard InChI is InChI=1S/C18H20FNO/c19-17-9-5-4-8-16(17)18(21,14-6-2-1-3-7-14)15-10-12-20-13-11-15/h1-9,15,20-21H,10-13H2. The van der Waals surface area contributed by atoms with Gasteiger partial charge in [-0.05, 0) is 43.5 Å². The molecule has 0 aromatic heterocycles. The number of hydrogen-bond donors (Lipinski definition) is 2. The highest BCUT2D eigenvalue weighted by Crippen LogP contribution is 2.41. The largest absolute Gasteiger partial charge is 0.380 e. The molecule has 2 aromatic carbocycles. The van der Waals surface area contributed by atoms with Crippen LogP contribution in [0.3, 0.4) is 0 Å². The topological polar surface area (TPSA) is 32.3 Å². The maximum absolute atomic E-state index is 14.3. The lowest BCUT2D eigenvalue weighted by molar-refractivity contribution is -0.000593. The Bertz CT molecular complexity index is 595. The first-order valence-corrected chi connectivity index (χ1v) is 7.46. The molecule has 0 aliphatic carbocycles. The fraction of sp³-hybridized carbons (Fsp3) is 0.333. The molecular formula is C18H20FNO. The lowest BCUT2D eigenvalue weighted by Gasteiger charge is -2.39. The van der Waals surface area contributed by atoms with Gasteiger partial charge in [0.1, 0.15) is 11.4 Å². The van der Waals surface area contributed by atoms with Crippen LogP contribution in [0.2, 0.25) is 0 Å². The molecule has 1 saturated heterocycles. The lowest BCUT2D eigenvalue weighted by Crippen LogP contribution is -2.43.